The van der Waals surface area contributed by atoms with E-state index in [1.54, 1.807) is 6.07 Å². The van der Waals surface area contributed by atoms with Gasteiger partial charge in [-0.15, -0.1) is 0 Å². The Bertz CT molecular complexity index is 901. The minimum Gasteiger partial charge on any atom is -0.507 e. The van der Waals surface area contributed by atoms with E-state index < -0.39 is 5.97 Å². The van der Waals surface area contributed by atoms with E-state index in [1.807, 2.05) is 80.6 Å². The van der Waals surface area contributed by atoms with E-state index in [-0.39, 0.29) is 23.1 Å². The molecule has 26 heavy (non-hydrogen) atoms. The third-order valence-electron chi connectivity index (χ3n) is 4.96. The number of benzene rings is 3. The topological polar surface area (TPSA) is 57.5 Å². The maximum atomic E-state index is 11.7. The Hall–Kier alpha value is -3.07. The fraction of sp³-hybridized carbons (Fsp3) is 0.174. The van der Waals surface area contributed by atoms with Crippen molar-refractivity contribution in [1.29, 1.82) is 0 Å². The van der Waals surface area contributed by atoms with Crippen LogP contribution in [-0.2, 0) is 0 Å². The quantitative estimate of drug-likeness (QED) is 0.651. The van der Waals surface area contributed by atoms with E-state index in [1.165, 1.54) is 0 Å². The minimum absolute atomic E-state index is 0.0247. The molecule has 3 heteroatoms. The summed E-state index contributed by atoms with van der Waals surface area (Å²) in [7, 11) is 0. The van der Waals surface area contributed by atoms with Gasteiger partial charge >= 0.3 is 5.97 Å². The number of hydrogen-bond acceptors (Lipinski definition) is 2. The van der Waals surface area contributed by atoms with Gasteiger partial charge in [0.05, 0.1) is 0 Å². The molecule has 3 nitrogen and oxygen atoms in total. The van der Waals surface area contributed by atoms with Gasteiger partial charge in [0, 0.05) is 17.4 Å². The highest BCUT2D eigenvalue weighted by atomic mass is 16.4. The summed E-state index contributed by atoms with van der Waals surface area (Å²) < 4.78 is 0. The van der Waals surface area contributed by atoms with Gasteiger partial charge in [0.2, 0.25) is 0 Å². The lowest BCUT2D eigenvalue weighted by Gasteiger charge is -2.20. The zero-order valence-electron chi connectivity index (χ0n) is 14.9. The van der Waals surface area contributed by atoms with Crippen molar-refractivity contribution in [3.63, 3.8) is 0 Å². The van der Waals surface area contributed by atoms with Crippen LogP contribution in [0.5, 0.6) is 5.75 Å². The number of phenols is 1. The summed E-state index contributed by atoms with van der Waals surface area (Å²) in [6.45, 7) is 4.03. The van der Waals surface area contributed by atoms with Crippen LogP contribution in [0.1, 0.15) is 58.3 Å². The first kappa shape index (κ1) is 17.7. The second kappa shape index (κ2) is 7.44. The first-order valence-corrected chi connectivity index (χ1v) is 8.69. The first-order valence-electron chi connectivity index (χ1n) is 8.69. The molecule has 0 aliphatic carbocycles. The van der Waals surface area contributed by atoms with Gasteiger partial charge in [-0.2, -0.15) is 0 Å². The molecule has 2 N–H and O–H groups in total. The minimum atomic E-state index is -1.12. The van der Waals surface area contributed by atoms with Crippen molar-refractivity contribution in [3.05, 3.63) is 101 Å². The third-order valence-corrected chi connectivity index (χ3v) is 4.96. The molecule has 0 saturated heterocycles. The molecule has 0 fully saturated rings. The molecule has 0 saturated carbocycles. The monoisotopic (exact) mass is 346 g/mol. The summed E-state index contributed by atoms with van der Waals surface area (Å²) in [6.07, 6.45) is 0. The van der Waals surface area contributed by atoms with Gasteiger partial charge in [-0.25, -0.2) is 4.79 Å². The molecule has 3 rings (SSSR count). The van der Waals surface area contributed by atoms with E-state index in [4.69, 9.17) is 0 Å². The third kappa shape index (κ3) is 3.47. The number of carboxylic acid groups (broad SMARTS) is 1. The number of carboxylic acids is 1. The smallest absolute Gasteiger partial charge is 0.339 e. The average molecular weight is 346 g/mol. The van der Waals surface area contributed by atoms with Crippen LogP contribution in [0.15, 0.2) is 72.8 Å². The molecule has 0 radical (unpaired) electrons. The Morgan fingerprint density at radius 2 is 1.27 bits per heavy atom. The van der Waals surface area contributed by atoms with Gasteiger partial charge in [-0.1, -0.05) is 80.6 Å². The Morgan fingerprint density at radius 1 is 0.769 bits per heavy atom. The van der Waals surface area contributed by atoms with E-state index in [9.17, 15) is 15.0 Å². The number of hydrogen-bond donors (Lipinski definition) is 2. The van der Waals surface area contributed by atoms with Crippen LogP contribution in [-0.4, -0.2) is 16.2 Å². The van der Waals surface area contributed by atoms with Crippen molar-refractivity contribution in [2.45, 2.75) is 25.7 Å². The molecule has 0 amide bonds. The molecule has 3 aromatic rings. The summed E-state index contributed by atoms with van der Waals surface area (Å²) in [5.74, 6) is -1.36. The maximum absolute atomic E-state index is 11.7. The van der Waals surface area contributed by atoms with E-state index >= 15 is 0 Å². The SMILES string of the molecule is C[C@@H](c1ccccc1)c1cc(C(=O)O)c(O)c([C@@H](C)c2ccccc2)c1. The van der Waals surface area contributed by atoms with Crippen molar-refractivity contribution in [2.75, 3.05) is 0 Å². The summed E-state index contributed by atoms with van der Waals surface area (Å²) in [5.41, 5.74) is 3.60. The van der Waals surface area contributed by atoms with Crippen molar-refractivity contribution in [1.82, 2.24) is 0 Å². The molecule has 0 spiro atoms. The maximum Gasteiger partial charge on any atom is 0.339 e. The summed E-state index contributed by atoms with van der Waals surface area (Å²) in [6, 6.07) is 23.2. The molecule has 0 aromatic heterocycles. The number of carbonyl (C=O) groups is 1. The van der Waals surface area contributed by atoms with Crippen LogP contribution in [0, 0.1) is 0 Å². The van der Waals surface area contributed by atoms with Crippen molar-refractivity contribution < 1.29 is 15.0 Å². The van der Waals surface area contributed by atoms with Crippen LogP contribution in [0.2, 0.25) is 0 Å². The Labute approximate surface area is 153 Å². The molecule has 0 aliphatic heterocycles. The van der Waals surface area contributed by atoms with Crippen LogP contribution < -0.4 is 0 Å². The predicted octanol–water partition coefficient (Wildman–Crippen LogP) is 5.39. The number of aromatic carboxylic acids is 1. The van der Waals surface area contributed by atoms with Crippen molar-refractivity contribution >= 4 is 5.97 Å². The lowest BCUT2D eigenvalue weighted by atomic mass is 9.85. The molecule has 2 atom stereocenters. The summed E-state index contributed by atoms with van der Waals surface area (Å²) in [4.78, 5) is 11.7. The highest BCUT2D eigenvalue weighted by Crippen LogP contribution is 2.37. The second-order valence-corrected chi connectivity index (χ2v) is 6.58. The molecule has 0 unspecified atom stereocenters. The molecular formula is C23H22O3. The van der Waals surface area contributed by atoms with Gasteiger partial charge in [-0.3, -0.25) is 0 Å². The van der Waals surface area contributed by atoms with E-state index in [2.05, 4.69) is 0 Å². The highest BCUT2D eigenvalue weighted by molar-refractivity contribution is 5.91. The van der Waals surface area contributed by atoms with Crippen LogP contribution >= 0.6 is 0 Å². The first-order chi connectivity index (χ1) is 12.5. The van der Waals surface area contributed by atoms with Gasteiger partial charge in [0.1, 0.15) is 11.3 Å². The Kier molecular flexibility index (Phi) is 5.08. The molecule has 0 heterocycles. The lowest BCUT2D eigenvalue weighted by molar-refractivity contribution is 0.0693. The number of rotatable bonds is 5. The predicted molar refractivity (Wildman–Crippen MR) is 103 cm³/mol. The van der Waals surface area contributed by atoms with Crippen molar-refractivity contribution in [2.24, 2.45) is 0 Å². The van der Waals surface area contributed by atoms with Crippen LogP contribution in [0.25, 0.3) is 0 Å². The molecule has 0 aliphatic rings. The van der Waals surface area contributed by atoms with Gasteiger partial charge in [-0.05, 0) is 22.8 Å². The highest BCUT2D eigenvalue weighted by Gasteiger charge is 2.22. The Balaban J connectivity index is 2.12. The van der Waals surface area contributed by atoms with Gasteiger partial charge < -0.3 is 10.2 Å². The fourth-order valence-electron chi connectivity index (χ4n) is 3.28. The van der Waals surface area contributed by atoms with Gasteiger partial charge in [0.15, 0.2) is 0 Å². The zero-order valence-corrected chi connectivity index (χ0v) is 14.9. The van der Waals surface area contributed by atoms with E-state index in [0.717, 1.165) is 16.7 Å². The van der Waals surface area contributed by atoms with Crippen molar-refractivity contribution in [3.8, 4) is 5.75 Å². The number of aromatic hydroxyl groups is 1. The Morgan fingerprint density at radius 3 is 1.77 bits per heavy atom. The van der Waals surface area contributed by atoms with Gasteiger partial charge in [0.25, 0.3) is 0 Å². The average Bonchev–Trinajstić information content (AvgIpc) is 2.68. The largest absolute Gasteiger partial charge is 0.507 e. The molecular weight excluding hydrogens is 324 g/mol. The van der Waals surface area contributed by atoms with E-state index in [0.29, 0.717) is 5.56 Å². The zero-order chi connectivity index (χ0) is 18.7. The summed E-state index contributed by atoms with van der Waals surface area (Å²) >= 11 is 0. The van der Waals surface area contributed by atoms with Crippen LogP contribution in [0.4, 0.5) is 0 Å². The normalized spacial score (nSPS) is 13.2. The standard InChI is InChI=1S/C23H22O3/c1-15(17-9-5-3-6-10-17)19-13-20(22(24)21(14-19)23(25)26)16(2)18-11-7-4-8-12-18/h3-16,24H,1-2H3,(H,25,26)/t15-,16-/m0/s1. The lowest BCUT2D eigenvalue weighted by Crippen LogP contribution is -2.07. The van der Waals surface area contributed by atoms with Crippen LogP contribution in [0.3, 0.4) is 0 Å². The molecule has 132 valence electrons. The molecule has 3 aromatic carbocycles. The summed E-state index contributed by atoms with van der Waals surface area (Å²) in [5, 5.41) is 20.1. The second-order valence-electron chi connectivity index (χ2n) is 6.58. The molecule has 0 bridgehead atoms. The fourth-order valence-corrected chi connectivity index (χ4v) is 3.28.